The lowest BCUT2D eigenvalue weighted by Gasteiger charge is -2.32. The van der Waals surface area contributed by atoms with Crippen molar-refractivity contribution in [2.24, 2.45) is 5.92 Å². The number of allylic oxidation sites excluding steroid dienone is 2. The average molecular weight is 460 g/mol. The van der Waals surface area contributed by atoms with Crippen LogP contribution >= 0.6 is 0 Å². The summed E-state index contributed by atoms with van der Waals surface area (Å²) in [6.07, 6.45) is 7.88. The lowest BCUT2D eigenvalue weighted by Crippen LogP contribution is -2.51. The molecule has 33 heavy (non-hydrogen) atoms. The number of unbranched alkanes of at least 4 members (excludes halogenated alkanes) is 1. The van der Waals surface area contributed by atoms with E-state index in [-0.39, 0.29) is 24.1 Å². The summed E-state index contributed by atoms with van der Waals surface area (Å²) >= 11 is 0. The van der Waals surface area contributed by atoms with Crippen LogP contribution in [-0.4, -0.2) is 49.8 Å². The minimum Gasteiger partial charge on any atom is -0.492 e. The Morgan fingerprint density at radius 1 is 1.06 bits per heavy atom. The molecule has 0 heterocycles. The first-order valence-electron chi connectivity index (χ1n) is 11.1. The second kappa shape index (κ2) is 13.4. The summed E-state index contributed by atoms with van der Waals surface area (Å²) in [6, 6.07) is 9.94. The molecule has 1 aliphatic carbocycles. The Balaban J connectivity index is 1.63. The van der Waals surface area contributed by atoms with E-state index in [1.54, 1.807) is 12.2 Å². The first kappa shape index (κ1) is 26.1. The Morgan fingerprint density at radius 2 is 1.70 bits per heavy atom. The van der Waals surface area contributed by atoms with E-state index in [1.165, 1.54) is 25.9 Å². The molecule has 0 fully saturated rings. The first-order chi connectivity index (χ1) is 15.9. The topological polar surface area (TPSA) is 120 Å². The molecular formula is C24H33N3O6. The molecule has 2 N–H and O–H groups in total. The van der Waals surface area contributed by atoms with Gasteiger partial charge in [-0.1, -0.05) is 42.5 Å². The number of nitro groups is 1. The van der Waals surface area contributed by atoms with Crippen LogP contribution in [0, 0.1) is 16.0 Å². The summed E-state index contributed by atoms with van der Waals surface area (Å²) < 4.78 is 10.4. The number of methoxy groups -OCH3 is 2. The highest BCUT2D eigenvalue weighted by Crippen LogP contribution is 2.36. The lowest BCUT2D eigenvalue weighted by atomic mass is 9.87. The van der Waals surface area contributed by atoms with Crippen molar-refractivity contribution in [3.8, 4) is 0 Å². The number of nitrogens with one attached hydrogen (secondary N) is 2. The maximum absolute atomic E-state index is 12.1. The normalized spacial score (nSPS) is 19.5. The maximum Gasteiger partial charge on any atom is 0.388 e. The summed E-state index contributed by atoms with van der Waals surface area (Å²) in [6.45, 7) is 0.857. The fraction of sp³-hybridized carbons (Fsp3) is 0.500. The molecule has 0 aromatic heterocycles. The number of hydrogen-bond donors (Lipinski definition) is 2. The van der Waals surface area contributed by atoms with Gasteiger partial charge in [0.15, 0.2) is 0 Å². The molecule has 0 bridgehead atoms. The van der Waals surface area contributed by atoms with Gasteiger partial charge >= 0.3 is 5.72 Å². The molecule has 0 aliphatic heterocycles. The Morgan fingerprint density at radius 3 is 2.27 bits per heavy atom. The SMILES string of the molecule is COC1=CC=CC(CCNC(=O)CCCCC(=O)NCCc2ccccc2)C1(OC)[N+](=O)[O-]. The van der Waals surface area contributed by atoms with Crippen LogP contribution < -0.4 is 10.6 Å². The maximum atomic E-state index is 12.1. The standard InChI is InChI=1S/C24H33N3O6/c1-32-21-12-8-11-20(24(21,33-2)27(30)31)16-18-26-23(29)14-7-6-13-22(28)25-17-15-19-9-4-3-5-10-19/h3-5,8-12,20H,6-7,13-18H2,1-2H3,(H,25,28)(H,26,29). The van der Waals surface area contributed by atoms with Crippen molar-refractivity contribution in [2.75, 3.05) is 27.3 Å². The number of benzene rings is 1. The quantitative estimate of drug-likeness (QED) is 0.191. The fourth-order valence-electron chi connectivity index (χ4n) is 3.87. The van der Waals surface area contributed by atoms with E-state index in [1.807, 2.05) is 30.3 Å². The smallest absolute Gasteiger partial charge is 0.388 e. The second-order valence-corrected chi connectivity index (χ2v) is 7.82. The van der Waals surface area contributed by atoms with Crippen LogP contribution in [0.3, 0.4) is 0 Å². The highest BCUT2D eigenvalue weighted by molar-refractivity contribution is 5.77. The Labute approximate surface area is 194 Å². The molecule has 2 rings (SSSR count). The summed E-state index contributed by atoms with van der Waals surface area (Å²) in [7, 11) is 2.64. The molecule has 2 atom stereocenters. The van der Waals surface area contributed by atoms with Gasteiger partial charge in [0.25, 0.3) is 0 Å². The van der Waals surface area contributed by atoms with E-state index in [9.17, 15) is 19.7 Å². The van der Waals surface area contributed by atoms with Crippen molar-refractivity contribution in [3.05, 3.63) is 70.0 Å². The summed E-state index contributed by atoms with van der Waals surface area (Å²) in [5, 5.41) is 17.4. The number of carbonyl (C=O) groups is 2. The number of ether oxygens (including phenoxy) is 2. The summed E-state index contributed by atoms with van der Waals surface area (Å²) in [5.74, 6) is -0.632. The van der Waals surface area contributed by atoms with Crippen molar-refractivity contribution < 1.29 is 24.0 Å². The van der Waals surface area contributed by atoms with Gasteiger partial charge in [-0.3, -0.25) is 19.7 Å². The number of amides is 2. The molecule has 0 saturated carbocycles. The number of carbonyl (C=O) groups excluding carboxylic acids is 2. The van der Waals surface area contributed by atoms with Gasteiger partial charge in [-0.05, 0) is 37.3 Å². The third kappa shape index (κ3) is 7.42. The van der Waals surface area contributed by atoms with Crippen LogP contribution in [0.25, 0.3) is 0 Å². The summed E-state index contributed by atoms with van der Waals surface area (Å²) in [5.41, 5.74) is -0.629. The Hall–Kier alpha value is -3.20. The van der Waals surface area contributed by atoms with Gasteiger partial charge in [0.2, 0.25) is 17.6 Å². The summed E-state index contributed by atoms with van der Waals surface area (Å²) in [4.78, 5) is 35.3. The van der Waals surface area contributed by atoms with Gasteiger partial charge in [0, 0.05) is 33.0 Å². The molecule has 2 amide bonds. The van der Waals surface area contributed by atoms with E-state index in [0.29, 0.717) is 38.6 Å². The zero-order valence-corrected chi connectivity index (χ0v) is 19.2. The van der Waals surface area contributed by atoms with E-state index in [0.717, 1.165) is 6.42 Å². The monoisotopic (exact) mass is 459 g/mol. The van der Waals surface area contributed by atoms with Crippen LogP contribution in [0.5, 0.6) is 0 Å². The van der Waals surface area contributed by atoms with Crippen molar-refractivity contribution >= 4 is 11.8 Å². The van der Waals surface area contributed by atoms with Gasteiger partial charge in [-0.2, -0.15) is 0 Å². The van der Waals surface area contributed by atoms with Crippen molar-refractivity contribution in [1.29, 1.82) is 0 Å². The molecule has 1 aliphatic rings. The zero-order valence-electron chi connectivity index (χ0n) is 19.2. The molecule has 0 spiro atoms. The van der Waals surface area contributed by atoms with Crippen molar-refractivity contribution in [3.63, 3.8) is 0 Å². The minimum atomic E-state index is -1.80. The Bertz CT molecular complexity index is 855. The first-order valence-corrected chi connectivity index (χ1v) is 11.1. The van der Waals surface area contributed by atoms with Crippen LogP contribution in [-0.2, 0) is 25.5 Å². The molecule has 2 unspecified atom stereocenters. The molecular weight excluding hydrogens is 426 g/mol. The van der Waals surface area contributed by atoms with Gasteiger partial charge in [-0.25, -0.2) is 0 Å². The number of rotatable bonds is 14. The van der Waals surface area contributed by atoms with Crippen LogP contribution in [0.2, 0.25) is 0 Å². The van der Waals surface area contributed by atoms with Gasteiger partial charge in [-0.15, -0.1) is 0 Å². The lowest BCUT2D eigenvalue weighted by molar-refractivity contribution is -0.628. The van der Waals surface area contributed by atoms with Crippen LogP contribution in [0.4, 0.5) is 0 Å². The highest BCUT2D eigenvalue weighted by atomic mass is 16.7. The van der Waals surface area contributed by atoms with E-state index in [2.05, 4.69) is 10.6 Å². The van der Waals surface area contributed by atoms with Gasteiger partial charge in [0.1, 0.15) is 0 Å². The molecule has 1 aromatic rings. The predicted molar refractivity (Wildman–Crippen MR) is 124 cm³/mol. The van der Waals surface area contributed by atoms with Gasteiger partial charge < -0.3 is 20.1 Å². The number of hydrogen-bond acceptors (Lipinski definition) is 6. The zero-order chi connectivity index (χ0) is 24.1. The van der Waals surface area contributed by atoms with E-state index >= 15 is 0 Å². The van der Waals surface area contributed by atoms with Crippen LogP contribution in [0.15, 0.2) is 54.3 Å². The largest absolute Gasteiger partial charge is 0.492 e. The van der Waals surface area contributed by atoms with Crippen molar-refractivity contribution in [1.82, 2.24) is 10.6 Å². The predicted octanol–water partition coefficient (Wildman–Crippen LogP) is 2.75. The molecule has 180 valence electrons. The molecule has 9 nitrogen and oxygen atoms in total. The molecule has 0 radical (unpaired) electrons. The van der Waals surface area contributed by atoms with Crippen molar-refractivity contribution in [2.45, 2.75) is 44.2 Å². The van der Waals surface area contributed by atoms with Gasteiger partial charge in [0.05, 0.1) is 18.0 Å². The minimum absolute atomic E-state index is 0.0203. The number of nitrogens with zero attached hydrogens (tertiary/aromatic N) is 1. The second-order valence-electron chi connectivity index (χ2n) is 7.82. The average Bonchev–Trinajstić information content (AvgIpc) is 2.82. The third-order valence-electron chi connectivity index (χ3n) is 5.66. The Kier molecular flexibility index (Phi) is 10.6. The van der Waals surface area contributed by atoms with E-state index < -0.39 is 16.6 Å². The third-order valence-corrected chi connectivity index (χ3v) is 5.66. The fourth-order valence-corrected chi connectivity index (χ4v) is 3.87. The van der Waals surface area contributed by atoms with E-state index in [4.69, 9.17) is 9.47 Å². The molecule has 1 aromatic carbocycles. The van der Waals surface area contributed by atoms with Crippen LogP contribution in [0.1, 0.15) is 37.7 Å². The molecule has 9 heteroatoms. The highest BCUT2D eigenvalue weighted by Gasteiger charge is 2.56. The molecule has 0 saturated heterocycles.